The van der Waals surface area contributed by atoms with E-state index in [0.29, 0.717) is 0 Å². The van der Waals surface area contributed by atoms with Crippen LogP contribution in [0, 0.1) is 5.92 Å². The summed E-state index contributed by atoms with van der Waals surface area (Å²) in [5.41, 5.74) is 0. The molecule has 1 atom stereocenters. The fraction of sp³-hybridized carbons (Fsp3) is 0.889. The highest BCUT2D eigenvalue weighted by Crippen LogP contribution is 2.05. The van der Waals surface area contributed by atoms with Gasteiger partial charge in [-0.2, -0.15) is 17.4 Å². The number of nitrogens with zero attached hydrogens (tertiary/aromatic N) is 1. The topological polar surface area (TPSA) is 107 Å². The molecule has 1 unspecified atom stereocenters. The lowest BCUT2D eigenvalue weighted by atomic mass is 10.1. The van der Waals surface area contributed by atoms with Crippen LogP contribution in [0.25, 0.3) is 0 Å². The van der Waals surface area contributed by atoms with Crippen LogP contribution in [-0.2, 0) is 15.0 Å². The maximum absolute atomic E-state index is 11.7. The van der Waals surface area contributed by atoms with E-state index in [4.69, 9.17) is 10.2 Å². The van der Waals surface area contributed by atoms with E-state index >= 15 is 0 Å². The van der Waals surface area contributed by atoms with Crippen molar-refractivity contribution in [2.75, 3.05) is 20.2 Å². The molecular weight excluding hydrogens is 248 g/mol. The zero-order valence-corrected chi connectivity index (χ0v) is 11.1. The molecule has 0 aromatic carbocycles. The van der Waals surface area contributed by atoms with E-state index in [9.17, 15) is 13.2 Å². The van der Waals surface area contributed by atoms with Gasteiger partial charge >= 0.3 is 5.97 Å². The fourth-order valence-electron chi connectivity index (χ4n) is 1.04. The monoisotopic (exact) mass is 268 g/mol. The summed E-state index contributed by atoms with van der Waals surface area (Å²) >= 11 is 0. The van der Waals surface area contributed by atoms with E-state index in [1.807, 2.05) is 0 Å². The van der Waals surface area contributed by atoms with Crippen LogP contribution in [0.5, 0.6) is 0 Å². The number of carboxylic acids is 1. The Morgan fingerprint density at radius 3 is 2.29 bits per heavy atom. The number of hydrogen-bond acceptors (Lipinski definition) is 4. The first-order chi connectivity index (χ1) is 7.70. The van der Waals surface area contributed by atoms with Crippen LogP contribution >= 0.6 is 0 Å². The Hall–Kier alpha value is -0.700. The summed E-state index contributed by atoms with van der Waals surface area (Å²) in [6, 6.07) is -0.577. The van der Waals surface area contributed by atoms with Crippen LogP contribution in [0.15, 0.2) is 0 Å². The molecule has 0 rings (SSSR count). The number of nitrogens with one attached hydrogen (secondary N) is 1. The van der Waals surface area contributed by atoms with Crippen molar-refractivity contribution in [2.24, 2.45) is 5.92 Å². The summed E-state index contributed by atoms with van der Waals surface area (Å²) in [6.45, 7) is 3.14. The van der Waals surface area contributed by atoms with Crippen molar-refractivity contribution in [1.82, 2.24) is 9.03 Å². The van der Waals surface area contributed by atoms with Crippen molar-refractivity contribution >= 4 is 16.2 Å². The predicted octanol–water partition coefficient (Wildman–Crippen LogP) is -0.756. The molecule has 0 saturated heterocycles. The molecule has 0 bridgehead atoms. The summed E-state index contributed by atoms with van der Waals surface area (Å²) in [7, 11) is -2.46. The van der Waals surface area contributed by atoms with Crippen LogP contribution in [0.4, 0.5) is 0 Å². The third-order valence-corrected chi connectivity index (χ3v) is 3.96. The molecule has 0 aliphatic rings. The standard InChI is InChI=1S/C9H20N2O5S/c1-7(2)8(6-12)10-17(15,16)11(3)5-4-9(13)14/h7-8,10,12H,4-6H2,1-3H3,(H,13,14). The summed E-state index contributed by atoms with van der Waals surface area (Å²) in [4.78, 5) is 10.3. The maximum Gasteiger partial charge on any atom is 0.304 e. The van der Waals surface area contributed by atoms with Gasteiger partial charge in [-0.15, -0.1) is 0 Å². The van der Waals surface area contributed by atoms with Gasteiger partial charge in [0, 0.05) is 19.6 Å². The number of carbonyl (C=O) groups is 1. The molecule has 17 heavy (non-hydrogen) atoms. The Balaban J connectivity index is 4.50. The summed E-state index contributed by atoms with van der Waals surface area (Å²) in [5.74, 6) is -1.11. The summed E-state index contributed by atoms with van der Waals surface area (Å²) in [6.07, 6.45) is -0.261. The average Bonchev–Trinajstić information content (AvgIpc) is 2.21. The smallest absolute Gasteiger partial charge is 0.304 e. The molecule has 0 aliphatic heterocycles. The summed E-state index contributed by atoms with van der Waals surface area (Å²) in [5, 5.41) is 17.5. The van der Waals surface area contributed by atoms with Crippen LogP contribution in [-0.4, -0.2) is 55.1 Å². The van der Waals surface area contributed by atoms with Gasteiger partial charge in [-0.25, -0.2) is 0 Å². The molecule has 3 N–H and O–H groups in total. The molecular formula is C9H20N2O5S. The Labute approximate surface area is 102 Å². The molecule has 0 aliphatic carbocycles. The molecule has 102 valence electrons. The number of aliphatic hydroxyl groups excluding tert-OH is 1. The molecule has 0 amide bonds. The summed E-state index contributed by atoms with van der Waals surface area (Å²) < 4.78 is 26.7. The van der Waals surface area contributed by atoms with Gasteiger partial charge in [0.1, 0.15) is 0 Å². The van der Waals surface area contributed by atoms with Gasteiger partial charge in [0.15, 0.2) is 0 Å². The van der Waals surface area contributed by atoms with Gasteiger partial charge < -0.3 is 10.2 Å². The van der Waals surface area contributed by atoms with Crippen molar-refractivity contribution in [3.8, 4) is 0 Å². The maximum atomic E-state index is 11.7. The number of aliphatic carboxylic acids is 1. The SMILES string of the molecule is CC(C)C(CO)NS(=O)(=O)N(C)CCC(=O)O. The number of aliphatic hydroxyl groups is 1. The van der Waals surface area contributed by atoms with E-state index in [-0.39, 0.29) is 25.5 Å². The van der Waals surface area contributed by atoms with Gasteiger partial charge in [0.25, 0.3) is 10.2 Å². The van der Waals surface area contributed by atoms with Crippen LogP contribution in [0.2, 0.25) is 0 Å². The van der Waals surface area contributed by atoms with Gasteiger partial charge in [-0.3, -0.25) is 4.79 Å². The molecule has 0 radical (unpaired) electrons. The Bertz CT molecular complexity index is 341. The van der Waals surface area contributed by atoms with Gasteiger partial charge in [-0.05, 0) is 5.92 Å². The third kappa shape index (κ3) is 5.97. The number of hydrogen-bond donors (Lipinski definition) is 3. The molecule has 7 nitrogen and oxygen atoms in total. The first-order valence-electron chi connectivity index (χ1n) is 5.27. The quantitative estimate of drug-likeness (QED) is 0.536. The first-order valence-corrected chi connectivity index (χ1v) is 6.71. The molecule has 0 aromatic rings. The van der Waals surface area contributed by atoms with Crippen molar-refractivity contribution < 1.29 is 23.4 Å². The second kappa shape index (κ2) is 6.90. The zero-order valence-electron chi connectivity index (χ0n) is 10.3. The first kappa shape index (κ1) is 16.3. The van der Waals surface area contributed by atoms with Crippen molar-refractivity contribution in [1.29, 1.82) is 0 Å². The molecule has 0 saturated carbocycles. The Morgan fingerprint density at radius 2 is 1.94 bits per heavy atom. The second-order valence-electron chi connectivity index (χ2n) is 4.12. The van der Waals surface area contributed by atoms with E-state index in [0.717, 1.165) is 4.31 Å². The van der Waals surface area contributed by atoms with Gasteiger partial charge in [0.2, 0.25) is 0 Å². The second-order valence-corrected chi connectivity index (χ2v) is 5.93. The van der Waals surface area contributed by atoms with Crippen LogP contribution in [0.1, 0.15) is 20.3 Å². The van der Waals surface area contributed by atoms with Crippen molar-refractivity contribution in [2.45, 2.75) is 26.3 Å². The third-order valence-electron chi connectivity index (χ3n) is 2.35. The highest BCUT2D eigenvalue weighted by Gasteiger charge is 2.24. The molecule has 0 fully saturated rings. The van der Waals surface area contributed by atoms with Crippen molar-refractivity contribution in [3.63, 3.8) is 0 Å². The highest BCUT2D eigenvalue weighted by atomic mass is 32.2. The molecule has 0 spiro atoms. The van der Waals surface area contributed by atoms with E-state index < -0.39 is 22.2 Å². The van der Waals surface area contributed by atoms with Gasteiger partial charge in [-0.1, -0.05) is 13.8 Å². The van der Waals surface area contributed by atoms with Gasteiger partial charge in [0.05, 0.1) is 13.0 Å². The molecule has 8 heteroatoms. The Morgan fingerprint density at radius 1 is 1.41 bits per heavy atom. The normalized spacial score (nSPS) is 14.2. The number of rotatable bonds is 8. The lowest BCUT2D eigenvalue weighted by Crippen LogP contribution is -2.47. The molecule has 0 heterocycles. The van der Waals surface area contributed by atoms with Crippen molar-refractivity contribution in [3.05, 3.63) is 0 Å². The lowest BCUT2D eigenvalue weighted by molar-refractivity contribution is -0.137. The van der Waals surface area contributed by atoms with Crippen LogP contribution < -0.4 is 4.72 Å². The average molecular weight is 268 g/mol. The lowest BCUT2D eigenvalue weighted by Gasteiger charge is -2.23. The zero-order chi connectivity index (χ0) is 13.6. The minimum atomic E-state index is -3.75. The van der Waals surface area contributed by atoms with E-state index in [1.54, 1.807) is 13.8 Å². The van der Waals surface area contributed by atoms with E-state index in [2.05, 4.69) is 4.72 Å². The largest absolute Gasteiger partial charge is 0.481 e. The minimum absolute atomic E-state index is 0.0531. The van der Waals surface area contributed by atoms with Crippen LogP contribution in [0.3, 0.4) is 0 Å². The predicted molar refractivity (Wildman–Crippen MR) is 62.7 cm³/mol. The Kier molecular flexibility index (Phi) is 6.61. The fourth-order valence-corrected chi connectivity index (χ4v) is 2.28. The minimum Gasteiger partial charge on any atom is -0.481 e. The number of carboxylic acid groups (broad SMARTS) is 1. The highest BCUT2D eigenvalue weighted by molar-refractivity contribution is 7.87. The van der Waals surface area contributed by atoms with E-state index in [1.165, 1.54) is 7.05 Å². The molecule has 0 aromatic heterocycles.